The lowest BCUT2D eigenvalue weighted by atomic mass is 9.83. The van der Waals surface area contributed by atoms with Gasteiger partial charge in [0.1, 0.15) is 18.4 Å². The molecule has 2 aromatic carbocycles. The van der Waals surface area contributed by atoms with E-state index in [0.29, 0.717) is 33.7 Å². The Morgan fingerprint density at radius 3 is 2.69 bits per heavy atom. The van der Waals surface area contributed by atoms with Crippen LogP contribution in [0.3, 0.4) is 0 Å². The van der Waals surface area contributed by atoms with Gasteiger partial charge in [0.25, 0.3) is 0 Å². The lowest BCUT2D eigenvalue weighted by Crippen LogP contribution is -3.00. The van der Waals surface area contributed by atoms with Crippen molar-refractivity contribution >= 4 is 5.78 Å². The van der Waals surface area contributed by atoms with Gasteiger partial charge in [0, 0.05) is 23.1 Å². The van der Waals surface area contributed by atoms with Gasteiger partial charge >= 0.3 is 0 Å². The van der Waals surface area contributed by atoms with Gasteiger partial charge in [-0.15, -0.1) is 0 Å². The second-order valence-electron chi connectivity index (χ2n) is 8.77. The highest BCUT2D eigenvalue weighted by Gasteiger charge is 2.41. The van der Waals surface area contributed by atoms with Crippen LogP contribution in [0, 0.1) is 6.92 Å². The number of quaternary nitrogens is 1. The molecule has 8 heteroatoms. The summed E-state index contributed by atoms with van der Waals surface area (Å²) in [5, 5.41) is 19.1. The van der Waals surface area contributed by atoms with Crippen molar-refractivity contribution in [3.63, 3.8) is 0 Å². The zero-order valence-electron chi connectivity index (χ0n) is 18.7. The second kappa shape index (κ2) is 9.94. The number of nitrogens with zero attached hydrogens (tertiary/aromatic N) is 1. The SMILES string of the molecule is Cc1cc(C(=O)CC2c3c(cc4c(c3CO)OCO4)CC[N+]2(C)C)ccc1OCCO.[I-]. The summed E-state index contributed by atoms with van der Waals surface area (Å²) in [5.74, 6) is 1.98. The number of ether oxygens (including phenoxy) is 3. The number of aryl methyl sites for hydroxylation is 1. The van der Waals surface area contributed by atoms with E-state index in [1.165, 1.54) is 0 Å². The smallest absolute Gasteiger partial charge is 0.231 e. The molecule has 4 rings (SSSR count). The predicted octanol–water partition coefficient (Wildman–Crippen LogP) is -0.462. The van der Waals surface area contributed by atoms with Crippen molar-refractivity contribution in [2.24, 2.45) is 0 Å². The monoisotopic (exact) mass is 555 g/mol. The number of fused-ring (bicyclic) bond motifs is 2. The summed E-state index contributed by atoms with van der Waals surface area (Å²) in [5.41, 5.74) is 4.35. The number of Topliss-reactive ketones (excluding diaryl/α,β-unsaturated/α-hetero) is 1. The summed E-state index contributed by atoms with van der Waals surface area (Å²) in [4.78, 5) is 13.3. The van der Waals surface area contributed by atoms with E-state index in [1.54, 1.807) is 12.1 Å². The van der Waals surface area contributed by atoms with Crippen molar-refractivity contribution in [3.05, 3.63) is 52.1 Å². The van der Waals surface area contributed by atoms with E-state index < -0.39 is 0 Å². The molecule has 1 unspecified atom stereocenters. The van der Waals surface area contributed by atoms with Crippen molar-refractivity contribution in [1.29, 1.82) is 0 Å². The van der Waals surface area contributed by atoms with Crippen LogP contribution in [-0.2, 0) is 13.0 Å². The van der Waals surface area contributed by atoms with E-state index in [1.807, 2.05) is 19.1 Å². The number of rotatable bonds is 7. The molecule has 32 heavy (non-hydrogen) atoms. The highest BCUT2D eigenvalue weighted by Crippen LogP contribution is 2.47. The molecule has 0 saturated heterocycles. The maximum Gasteiger partial charge on any atom is 0.231 e. The number of aliphatic hydroxyl groups excluding tert-OH is 2. The Labute approximate surface area is 205 Å². The van der Waals surface area contributed by atoms with E-state index >= 15 is 0 Å². The van der Waals surface area contributed by atoms with Crippen molar-refractivity contribution in [3.8, 4) is 17.2 Å². The number of aliphatic hydroxyl groups is 2. The molecule has 2 aliphatic rings. The van der Waals surface area contributed by atoms with Gasteiger partial charge in [-0.2, -0.15) is 0 Å². The fourth-order valence-electron chi connectivity index (χ4n) is 4.66. The maximum atomic E-state index is 13.3. The minimum absolute atomic E-state index is 0. The third-order valence-electron chi connectivity index (χ3n) is 6.41. The molecule has 0 aliphatic carbocycles. The number of benzene rings is 2. The van der Waals surface area contributed by atoms with E-state index in [-0.39, 0.29) is 62.4 Å². The van der Waals surface area contributed by atoms with Gasteiger partial charge in [0.2, 0.25) is 6.79 Å². The van der Waals surface area contributed by atoms with Crippen LogP contribution in [0.1, 0.15) is 45.1 Å². The Balaban J connectivity index is 0.00000289. The molecule has 1 atom stereocenters. The van der Waals surface area contributed by atoms with E-state index in [4.69, 9.17) is 19.3 Å². The van der Waals surface area contributed by atoms with Gasteiger partial charge in [0.15, 0.2) is 17.3 Å². The van der Waals surface area contributed by atoms with Crippen LogP contribution in [0.25, 0.3) is 0 Å². The number of ketones is 1. The quantitative estimate of drug-likeness (QED) is 0.274. The summed E-state index contributed by atoms with van der Waals surface area (Å²) in [6.45, 7) is 2.94. The average Bonchev–Trinajstić information content (AvgIpc) is 3.21. The minimum Gasteiger partial charge on any atom is -1.00 e. The van der Waals surface area contributed by atoms with Crippen LogP contribution < -0.4 is 38.2 Å². The molecular weight excluding hydrogens is 525 g/mol. The summed E-state index contributed by atoms with van der Waals surface area (Å²) in [6, 6.07) is 7.30. The second-order valence-corrected chi connectivity index (χ2v) is 8.77. The third kappa shape index (κ3) is 4.59. The Morgan fingerprint density at radius 1 is 1.22 bits per heavy atom. The standard InChI is InChI=1S/C24H30NO6.HI/c1-15-10-16(4-5-21(15)29-9-8-26)20(28)12-19-23-17(6-7-25(19,2)3)11-22-24(18(23)13-27)31-14-30-22;/h4-5,10-11,19,26-27H,6-9,12-14H2,1-3H3;1H/q+1;/p-1. The van der Waals surface area contributed by atoms with Crippen LogP contribution in [0.15, 0.2) is 24.3 Å². The Hall–Kier alpha value is -1.88. The molecule has 0 bridgehead atoms. The molecular formula is C24H30INO6. The zero-order chi connectivity index (χ0) is 22.2. The Bertz CT molecular complexity index is 1010. The maximum absolute atomic E-state index is 13.3. The topological polar surface area (TPSA) is 85.2 Å². The lowest BCUT2D eigenvalue weighted by Gasteiger charge is -2.43. The van der Waals surface area contributed by atoms with Gasteiger partial charge in [0.05, 0.1) is 40.3 Å². The van der Waals surface area contributed by atoms with Gasteiger partial charge < -0.3 is 52.9 Å². The summed E-state index contributed by atoms with van der Waals surface area (Å²) in [7, 11) is 4.26. The van der Waals surface area contributed by atoms with Crippen molar-refractivity contribution in [1.82, 2.24) is 0 Å². The summed E-state index contributed by atoms with van der Waals surface area (Å²) in [6.07, 6.45) is 1.18. The highest BCUT2D eigenvalue weighted by atomic mass is 127. The molecule has 0 aromatic heterocycles. The van der Waals surface area contributed by atoms with E-state index in [9.17, 15) is 9.90 Å². The Kier molecular flexibility index (Phi) is 7.69. The zero-order valence-corrected chi connectivity index (χ0v) is 20.8. The molecule has 0 radical (unpaired) electrons. The highest BCUT2D eigenvalue weighted by molar-refractivity contribution is 5.97. The summed E-state index contributed by atoms with van der Waals surface area (Å²) < 4.78 is 17.4. The van der Waals surface area contributed by atoms with Crippen LogP contribution >= 0.6 is 0 Å². The first kappa shape index (κ1) is 24.8. The molecule has 7 nitrogen and oxygen atoms in total. The van der Waals surface area contributed by atoms with Crippen molar-refractivity contribution < 1.29 is 57.7 Å². The van der Waals surface area contributed by atoms with Crippen LogP contribution in [-0.4, -0.2) is 61.1 Å². The number of carbonyl (C=O) groups excluding carboxylic acids is 1. The molecule has 2 aromatic rings. The van der Waals surface area contributed by atoms with E-state index in [2.05, 4.69) is 14.1 Å². The first-order valence-electron chi connectivity index (χ1n) is 10.6. The average molecular weight is 555 g/mol. The van der Waals surface area contributed by atoms with Gasteiger partial charge in [-0.25, -0.2) is 0 Å². The molecule has 0 amide bonds. The summed E-state index contributed by atoms with van der Waals surface area (Å²) >= 11 is 0. The van der Waals surface area contributed by atoms with Gasteiger partial charge in [-0.3, -0.25) is 4.79 Å². The number of hydrogen-bond donors (Lipinski definition) is 2. The first-order valence-corrected chi connectivity index (χ1v) is 10.6. The fourth-order valence-corrected chi connectivity index (χ4v) is 4.66. The number of likely N-dealkylation sites (N-methyl/N-ethyl adjacent to an activating group) is 1. The van der Waals surface area contributed by atoms with Crippen LogP contribution in [0.4, 0.5) is 0 Å². The molecule has 0 fully saturated rings. The fraction of sp³-hybridized carbons (Fsp3) is 0.458. The minimum atomic E-state index is -0.157. The van der Waals surface area contributed by atoms with Gasteiger partial charge in [-0.05, 0) is 42.3 Å². The van der Waals surface area contributed by atoms with E-state index in [0.717, 1.165) is 35.2 Å². The lowest BCUT2D eigenvalue weighted by molar-refractivity contribution is -0.922. The Morgan fingerprint density at radius 2 is 2.00 bits per heavy atom. The molecule has 2 aliphatic heterocycles. The molecule has 0 saturated carbocycles. The van der Waals surface area contributed by atoms with Crippen LogP contribution in [0.5, 0.6) is 17.2 Å². The first-order chi connectivity index (χ1) is 14.9. The van der Waals surface area contributed by atoms with Crippen molar-refractivity contribution in [2.45, 2.75) is 32.4 Å². The normalized spacial score (nSPS) is 18.0. The van der Waals surface area contributed by atoms with Crippen molar-refractivity contribution in [2.75, 3.05) is 40.6 Å². The number of halogens is 1. The predicted molar refractivity (Wildman–Crippen MR) is 115 cm³/mol. The largest absolute Gasteiger partial charge is 1.00 e. The molecule has 0 spiro atoms. The molecule has 2 heterocycles. The molecule has 174 valence electrons. The molecule has 2 N–H and O–H groups in total. The number of hydrogen-bond acceptors (Lipinski definition) is 6. The third-order valence-corrected chi connectivity index (χ3v) is 6.41. The van der Waals surface area contributed by atoms with Gasteiger partial charge in [-0.1, -0.05) is 0 Å². The number of carbonyl (C=O) groups is 1. The van der Waals surface area contributed by atoms with Crippen LogP contribution in [0.2, 0.25) is 0 Å².